The maximum absolute atomic E-state index is 4.34. The van der Waals surface area contributed by atoms with E-state index in [9.17, 15) is 0 Å². The standard InChI is InChI=1S/GeH4.S2Te/c;1-3-2/h1H4;. The number of hydrogen-bond acceptors (Lipinski definition) is 2. The van der Waals surface area contributed by atoms with Crippen LogP contribution in [0.3, 0.4) is 0 Å². The topological polar surface area (TPSA) is 0 Å². The van der Waals surface area contributed by atoms with Crippen molar-refractivity contribution in [3.05, 3.63) is 0 Å². The van der Waals surface area contributed by atoms with Crippen molar-refractivity contribution in [2.24, 2.45) is 0 Å². The summed E-state index contributed by atoms with van der Waals surface area (Å²) in [6.07, 6.45) is 0. The number of rotatable bonds is 0. The molecule has 0 aromatic carbocycles. The SMILES string of the molecule is S=[Te]=S.[GeH4]. The van der Waals surface area contributed by atoms with Gasteiger partial charge < -0.3 is 0 Å². The molecule has 0 radical (unpaired) electrons. The molecule has 0 amide bonds. The zero-order chi connectivity index (χ0) is 2.71. The third kappa shape index (κ3) is 9.23. The van der Waals surface area contributed by atoms with Crippen molar-refractivity contribution in [3.8, 4) is 0 Å². The van der Waals surface area contributed by atoms with Crippen molar-refractivity contribution in [3.63, 3.8) is 0 Å². The average Bonchev–Trinajstić information content (AvgIpc) is 0.918. The molecule has 0 fully saturated rings. The summed E-state index contributed by atoms with van der Waals surface area (Å²) < 4.78 is 0. The summed E-state index contributed by atoms with van der Waals surface area (Å²) in [6, 6.07) is 0. The fraction of sp³-hybridized carbons (Fsp3) is 0. The molecule has 0 aliphatic rings. The van der Waals surface area contributed by atoms with E-state index in [1.165, 1.54) is 0 Å². The summed E-state index contributed by atoms with van der Waals surface area (Å²) in [7, 11) is 8.68. The first kappa shape index (κ1) is 9.24. The van der Waals surface area contributed by atoms with Gasteiger partial charge in [-0.2, -0.15) is 0 Å². The molecule has 4 heavy (non-hydrogen) atoms. The molecular formula is H4GeS2Te. The molecule has 0 bridgehead atoms. The normalized spacial score (nSPS) is 3.00. The third-order valence-corrected chi connectivity index (χ3v) is 0. The molecule has 0 saturated carbocycles. The monoisotopic (exact) mass is 272 g/mol. The van der Waals surface area contributed by atoms with Gasteiger partial charge in [-0.25, -0.2) is 0 Å². The Morgan fingerprint density at radius 1 is 1.25 bits per heavy atom. The summed E-state index contributed by atoms with van der Waals surface area (Å²) >= 11 is -0.363. The van der Waals surface area contributed by atoms with Gasteiger partial charge in [0.05, 0.1) is 0 Å². The fourth-order valence-corrected chi connectivity index (χ4v) is 0. The van der Waals surface area contributed by atoms with Gasteiger partial charge in [0.2, 0.25) is 0 Å². The molecule has 4 heteroatoms. The van der Waals surface area contributed by atoms with Crippen molar-refractivity contribution in [2.75, 3.05) is 0 Å². The van der Waals surface area contributed by atoms with Crippen LogP contribution in [0.5, 0.6) is 0 Å². The summed E-state index contributed by atoms with van der Waals surface area (Å²) in [4.78, 5) is 0. The van der Waals surface area contributed by atoms with Gasteiger partial charge in [0.25, 0.3) is 0 Å². The second kappa shape index (κ2) is 8.84. The first-order valence-electron chi connectivity index (χ1n) is 0.333. The molecule has 0 spiro atoms. The predicted octanol–water partition coefficient (Wildman–Crippen LogP) is -0.536. The van der Waals surface area contributed by atoms with Crippen LogP contribution in [0.4, 0.5) is 0 Å². The first-order valence-corrected chi connectivity index (χ1v) is 6.71. The fourth-order valence-electron chi connectivity index (χ4n) is 0. The maximum atomic E-state index is 4.34. The van der Waals surface area contributed by atoms with Crippen LogP contribution in [-0.2, 0) is 0 Å². The molecule has 0 heterocycles. The molecule has 0 aliphatic heterocycles. The molecule has 26 valence electrons. The Hall–Kier alpha value is 1.77. The van der Waals surface area contributed by atoms with Crippen LogP contribution in [0.2, 0.25) is 0 Å². The molecule has 0 N–H and O–H groups in total. The summed E-state index contributed by atoms with van der Waals surface area (Å²) in [6.45, 7) is 0. The van der Waals surface area contributed by atoms with E-state index in [4.69, 9.17) is 0 Å². The Labute approximate surface area is 52.8 Å². The Morgan fingerprint density at radius 3 is 1.25 bits per heavy atom. The Kier molecular flexibility index (Phi) is 20.4. The third-order valence-electron chi connectivity index (χ3n) is 0. The van der Waals surface area contributed by atoms with Crippen LogP contribution in [0, 0.1) is 0 Å². The minimum absolute atomic E-state index is 0. The van der Waals surface area contributed by atoms with Crippen molar-refractivity contribution >= 4 is 53.3 Å². The average molecular weight is 268 g/mol. The van der Waals surface area contributed by atoms with E-state index >= 15 is 0 Å². The van der Waals surface area contributed by atoms with Gasteiger partial charge in [-0.3, -0.25) is 0 Å². The summed E-state index contributed by atoms with van der Waals surface area (Å²) in [5, 5.41) is 0. The second-order valence-corrected chi connectivity index (χ2v) is 4.11. The zero-order valence-corrected chi connectivity index (χ0v) is 5.19. The molecule has 0 nitrogen and oxygen atoms in total. The van der Waals surface area contributed by atoms with Gasteiger partial charge in [-0.1, -0.05) is 0 Å². The minimum atomic E-state index is -0.363. The van der Waals surface area contributed by atoms with Crippen LogP contribution in [0.15, 0.2) is 0 Å². The van der Waals surface area contributed by atoms with E-state index in [2.05, 4.69) is 18.7 Å². The van der Waals surface area contributed by atoms with E-state index in [1.807, 2.05) is 0 Å². The molecule has 0 aromatic heterocycles. The Bertz CT molecular complexity index is 27.0. The summed E-state index contributed by atoms with van der Waals surface area (Å²) in [5.41, 5.74) is 0. The molecule has 0 unspecified atom stereocenters. The van der Waals surface area contributed by atoms with Gasteiger partial charge in [-0.05, 0) is 0 Å². The van der Waals surface area contributed by atoms with E-state index < -0.39 is 0 Å². The van der Waals surface area contributed by atoms with Gasteiger partial charge in [0.15, 0.2) is 0 Å². The van der Waals surface area contributed by atoms with Gasteiger partial charge in [0, 0.05) is 0 Å². The second-order valence-electron chi connectivity index (χ2n) is 0.0680. The molecule has 0 saturated heterocycles. The van der Waals surface area contributed by atoms with Gasteiger partial charge in [-0.15, -0.1) is 0 Å². The Balaban J connectivity index is 0. The molecule has 0 rings (SSSR count). The van der Waals surface area contributed by atoms with Crippen molar-refractivity contribution < 1.29 is 0 Å². The molecular weight excluding hydrogens is 264 g/mol. The van der Waals surface area contributed by atoms with E-state index in [0.29, 0.717) is 0 Å². The van der Waals surface area contributed by atoms with Gasteiger partial charge >= 0.3 is 53.3 Å². The molecule has 0 aromatic rings. The predicted molar refractivity (Wildman–Crippen MR) is 32.3 cm³/mol. The Morgan fingerprint density at radius 2 is 1.25 bits per heavy atom. The van der Waals surface area contributed by atoms with Crippen LogP contribution < -0.4 is 0 Å². The van der Waals surface area contributed by atoms with E-state index in [-0.39, 0.29) is 34.7 Å². The first-order chi connectivity index (χ1) is 1.41. The summed E-state index contributed by atoms with van der Waals surface area (Å²) in [5.74, 6) is 0. The van der Waals surface area contributed by atoms with Crippen LogP contribution in [0.25, 0.3) is 0 Å². The van der Waals surface area contributed by atoms with Crippen LogP contribution >= 0.6 is 18.7 Å². The van der Waals surface area contributed by atoms with Gasteiger partial charge in [0.1, 0.15) is 0 Å². The molecule has 0 atom stereocenters. The molecule has 0 aliphatic carbocycles. The van der Waals surface area contributed by atoms with Crippen molar-refractivity contribution in [2.45, 2.75) is 0 Å². The van der Waals surface area contributed by atoms with Crippen molar-refractivity contribution in [1.29, 1.82) is 0 Å². The zero-order valence-electron chi connectivity index (χ0n) is 1.22. The van der Waals surface area contributed by atoms with Crippen LogP contribution in [0.1, 0.15) is 0 Å². The quantitative estimate of drug-likeness (QED) is 0.542. The van der Waals surface area contributed by atoms with Crippen LogP contribution in [-0.4, -0.2) is 34.7 Å². The number of hydrogen-bond donors (Lipinski definition) is 0. The van der Waals surface area contributed by atoms with Crippen molar-refractivity contribution in [1.82, 2.24) is 0 Å². The van der Waals surface area contributed by atoms with E-state index in [1.54, 1.807) is 0 Å². The van der Waals surface area contributed by atoms with E-state index in [0.717, 1.165) is 0 Å².